The standard InChI is InChI=1S/C41H50N6O4/c1-27-23-31(10-13-34(27)39(48)45-18-20-46(21-19-45)40(49)51-41(2,3)4)37-35-25-32(26-42-38(35)47(43-37)36-7-5-6-22-50-36)29-9-8-28-14-16-44(33-11-12-33)17-15-30(28)24-29/h8-10,13,23-26,33,36H,5-7,11-12,14-22H2,1-4H3. The van der Waals surface area contributed by atoms with Gasteiger partial charge in [0, 0.05) is 80.2 Å². The highest BCUT2D eigenvalue weighted by molar-refractivity contribution is 5.98. The SMILES string of the molecule is Cc1cc(-c2nn(C3CCCCO3)c3ncc(-c4ccc5c(c4)CCN(C4CC4)CC5)cc23)ccc1C(=O)N1CCN(C(=O)OC(C)(C)C)CC1. The van der Waals surface area contributed by atoms with Crippen LogP contribution in [-0.4, -0.2) is 99.0 Å². The number of aromatic nitrogens is 3. The molecule has 2 saturated heterocycles. The van der Waals surface area contributed by atoms with Crippen molar-refractivity contribution in [1.29, 1.82) is 0 Å². The van der Waals surface area contributed by atoms with Crippen LogP contribution in [0, 0.1) is 6.92 Å². The summed E-state index contributed by atoms with van der Waals surface area (Å²) in [6.45, 7) is 12.4. The van der Waals surface area contributed by atoms with Crippen LogP contribution in [0.2, 0.25) is 0 Å². The van der Waals surface area contributed by atoms with Crippen molar-refractivity contribution in [1.82, 2.24) is 29.5 Å². The quantitative estimate of drug-likeness (QED) is 0.222. The van der Waals surface area contributed by atoms with Crippen LogP contribution < -0.4 is 0 Å². The molecule has 10 nitrogen and oxygen atoms in total. The van der Waals surface area contributed by atoms with Gasteiger partial charge in [0.25, 0.3) is 5.91 Å². The number of nitrogens with zero attached hydrogens (tertiary/aromatic N) is 6. The van der Waals surface area contributed by atoms with Crippen LogP contribution >= 0.6 is 0 Å². The van der Waals surface area contributed by atoms with Gasteiger partial charge in [0.15, 0.2) is 11.9 Å². The number of ether oxygens (including phenoxy) is 2. The van der Waals surface area contributed by atoms with Crippen molar-refractivity contribution < 1.29 is 19.1 Å². The second-order valence-electron chi connectivity index (χ2n) is 15.7. The summed E-state index contributed by atoms with van der Waals surface area (Å²) in [6, 6.07) is 16.0. The number of carbonyl (C=O) groups is 2. The average Bonchev–Trinajstić information content (AvgIpc) is 3.93. The number of fused-ring (bicyclic) bond motifs is 2. The maximum absolute atomic E-state index is 13.7. The zero-order valence-electron chi connectivity index (χ0n) is 30.5. The molecule has 1 atom stereocenters. The molecule has 4 aromatic rings. The van der Waals surface area contributed by atoms with E-state index in [2.05, 4.69) is 35.2 Å². The first-order valence-electron chi connectivity index (χ1n) is 18.9. The van der Waals surface area contributed by atoms with E-state index in [1.165, 1.54) is 29.5 Å². The van der Waals surface area contributed by atoms with Crippen LogP contribution in [0.3, 0.4) is 0 Å². The summed E-state index contributed by atoms with van der Waals surface area (Å²) in [7, 11) is 0. The summed E-state index contributed by atoms with van der Waals surface area (Å²) in [5, 5.41) is 6.15. The smallest absolute Gasteiger partial charge is 0.410 e. The number of pyridine rings is 1. The predicted octanol–water partition coefficient (Wildman–Crippen LogP) is 7.03. The van der Waals surface area contributed by atoms with Gasteiger partial charge in [0.05, 0.1) is 0 Å². The normalized spacial score (nSPS) is 20.3. The van der Waals surface area contributed by atoms with Crippen LogP contribution in [-0.2, 0) is 22.3 Å². The molecule has 2 aromatic carbocycles. The van der Waals surface area contributed by atoms with Gasteiger partial charge in [-0.25, -0.2) is 14.5 Å². The highest BCUT2D eigenvalue weighted by Crippen LogP contribution is 2.36. The third kappa shape index (κ3) is 7.13. The molecule has 0 bridgehead atoms. The van der Waals surface area contributed by atoms with Gasteiger partial charge < -0.3 is 19.3 Å². The van der Waals surface area contributed by atoms with Gasteiger partial charge in [-0.2, -0.15) is 5.10 Å². The topological polar surface area (TPSA) is 93.0 Å². The third-order valence-electron chi connectivity index (χ3n) is 10.9. The zero-order valence-corrected chi connectivity index (χ0v) is 30.5. The van der Waals surface area contributed by atoms with E-state index in [1.807, 2.05) is 55.6 Å². The molecule has 4 aliphatic rings. The summed E-state index contributed by atoms with van der Waals surface area (Å²) in [4.78, 5) is 37.5. The van der Waals surface area contributed by atoms with E-state index in [0.29, 0.717) is 38.3 Å². The molecule has 1 unspecified atom stereocenters. The maximum atomic E-state index is 13.7. The Labute approximate surface area is 300 Å². The molecule has 1 saturated carbocycles. The molecule has 5 heterocycles. The third-order valence-corrected chi connectivity index (χ3v) is 10.9. The van der Waals surface area contributed by atoms with Gasteiger partial charge >= 0.3 is 6.09 Å². The fourth-order valence-electron chi connectivity index (χ4n) is 7.88. The van der Waals surface area contributed by atoms with Crippen LogP contribution in [0.15, 0.2) is 48.7 Å². The van der Waals surface area contributed by atoms with E-state index in [-0.39, 0.29) is 18.2 Å². The summed E-state index contributed by atoms with van der Waals surface area (Å²) in [6.07, 6.45) is 9.44. The molecule has 8 rings (SSSR count). The van der Waals surface area contributed by atoms with Crippen LogP contribution in [0.5, 0.6) is 0 Å². The molecule has 3 fully saturated rings. The van der Waals surface area contributed by atoms with E-state index < -0.39 is 5.60 Å². The van der Waals surface area contributed by atoms with Crippen LogP contribution in [0.4, 0.5) is 4.79 Å². The van der Waals surface area contributed by atoms with Gasteiger partial charge in [0.2, 0.25) is 0 Å². The van der Waals surface area contributed by atoms with Crippen molar-refractivity contribution in [2.75, 3.05) is 45.9 Å². The minimum absolute atomic E-state index is 0.0266. The Hall–Kier alpha value is -4.28. The molecule has 51 heavy (non-hydrogen) atoms. The number of carbonyl (C=O) groups excluding carboxylic acids is 2. The first-order chi connectivity index (χ1) is 24.6. The van der Waals surface area contributed by atoms with E-state index >= 15 is 0 Å². The molecule has 0 N–H and O–H groups in total. The number of hydrogen-bond donors (Lipinski definition) is 0. The van der Waals surface area contributed by atoms with Gasteiger partial charge in [0.1, 0.15) is 11.3 Å². The Bertz CT molecular complexity index is 1950. The molecule has 0 radical (unpaired) electrons. The van der Waals surface area contributed by atoms with Crippen molar-refractivity contribution >= 4 is 23.0 Å². The molecule has 2 aromatic heterocycles. The number of hydrogen-bond acceptors (Lipinski definition) is 7. The number of aryl methyl sites for hydroxylation is 1. The van der Waals surface area contributed by atoms with Crippen molar-refractivity contribution in [3.05, 3.63) is 70.9 Å². The Morgan fingerprint density at radius 3 is 2.27 bits per heavy atom. The molecular formula is C41H50N6O4. The van der Waals surface area contributed by atoms with E-state index in [4.69, 9.17) is 19.6 Å². The molecule has 268 valence electrons. The second-order valence-corrected chi connectivity index (χ2v) is 15.7. The van der Waals surface area contributed by atoms with Crippen molar-refractivity contribution in [3.63, 3.8) is 0 Å². The van der Waals surface area contributed by atoms with E-state index in [9.17, 15) is 9.59 Å². The highest BCUT2D eigenvalue weighted by atomic mass is 16.6. The molecule has 2 amide bonds. The average molecular weight is 691 g/mol. The molecular weight excluding hydrogens is 640 g/mol. The van der Waals surface area contributed by atoms with E-state index in [1.54, 1.807) is 4.90 Å². The van der Waals surface area contributed by atoms with Gasteiger partial charge in [-0.05, 0) is 113 Å². The first-order valence-corrected chi connectivity index (χ1v) is 18.9. The maximum Gasteiger partial charge on any atom is 0.410 e. The monoisotopic (exact) mass is 690 g/mol. The lowest BCUT2D eigenvalue weighted by molar-refractivity contribution is -0.0368. The summed E-state index contributed by atoms with van der Waals surface area (Å²) in [5.74, 6) is -0.0266. The van der Waals surface area contributed by atoms with Crippen molar-refractivity contribution in [3.8, 4) is 22.4 Å². The first kappa shape index (κ1) is 33.8. The number of piperazine rings is 1. The van der Waals surface area contributed by atoms with Crippen molar-refractivity contribution in [2.45, 2.75) is 90.5 Å². The van der Waals surface area contributed by atoms with Gasteiger partial charge in [-0.3, -0.25) is 9.69 Å². The molecule has 1 aliphatic carbocycles. The minimum Gasteiger partial charge on any atom is -0.444 e. The fraction of sp³-hybridized carbons (Fsp3) is 0.512. The highest BCUT2D eigenvalue weighted by Gasteiger charge is 2.31. The summed E-state index contributed by atoms with van der Waals surface area (Å²) < 4.78 is 13.7. The Balaban J connectivity index is 1.07. The van der Waals surface area contributed by atoms with Gasteiger partial charge in [-0.15, -0.1) is 0 Å². The predicted molar refractivity (Wildman–Crippen MR) is 198 cm³/mol. The fourth-order valence-corrected chi connectivity index (χ4v) is 7.88. The Kier molecular flexibility index (Phi) is 9.09. The lowest BCUT2D eigenvalue weighted by Crippen LogP contribution is -2.51. The molecule has 10 heteroatoms. The largest absolute Gasteiger partial charge is 0.444 e. The lowest BCUT2D eigenvalue weighted by Gasteiger charge is -2.35. The molecule has 0 spiro atoms. The minimum atomic E-state index is -0.552. The van der Waals surface area contributed by atoms with Crippen LogP contribution in [0.25, 0.3) is 33.4 Å². The number of benzene rings is 2. The number of amides is 2. The summed E-state index contributed by atoms with van der Waals surface area (Å²) in [5.41, 5.74) is 8.77. The second kappa shape index (κ2) is 13.7. The summed E-state index contributed by atoms with van der Waals surface area (Å²) >= 11 is 0. The van der Waals surface area contributed by atoms with Gasteiger partial charge in [-0.1, -0.05) is 24.3 Å². The molecule has 3 aliphatic heterocycles. The van der Waals surface area contributed by atoms with E-state index in [0.717, 1.165) is 84.7 Å². The lowest BCUT2D eigenvalue weighted by atomic mass is 9.96. The Morgan fingerprint density at radius 1 is 0.824 bits per heavy atom. The number of rotatable bonds is 5. The Morgan fingerprint density at radius 2 is 1.57 bits per heavy atom. The van der Waals surface area contributed by atoms with Crippen molar-refractivity contribution in [2.24, 2.45) is 0 Å². The van der Waals surface area contributed by atoms with Crippen LogP contribution in [0.1, 0.15) is 86.2 Å². The zero-order chi connectivity index (χ0) is 35.3.